The molecule has 5 nitrogen and oxygen atoms in total. The van der Waals surface area contributed by atoms with E-state index in [1.807, 2.05) is 78.9 Å². The van der Waals surface area contributed by atoms with Crippen LogP contribution in [0.25, 0.3) is 0 Å². The number of hydrogen-bond acceptors (Lipinski definition) is 4. The van der Waals surface area contributed by atoms with Crippen LogP contribution in [0.4, 0.5) is 5.69 Å². The SMILES string of the molecule is O=C1Nc2ccccc2/C1=N/N=C/c1cccc(Oc2ccccc2)c1. The normalized spacial score (nSPS) is 14.5. The molecule has 3 aromatic rings. The molecule has 1 N–H and O–H groups in total. The van der Waals surface area contributed by atoms with Crippen LogP contribution in [0.3, 0.4) is 0 Å². The molecule has 26 heavy (non-hydrogen) atoms. The molecule has 1 aliphatic rings. The average molecular weight is 341 g/mol. The molecule has 0 radical (unpaired) electrons. The van der Waals surface area contributed by atoms with E-state index in [2.05, 4.69) is 15.5 Å². The van der Waals surface area contributed by atoms with Gasteiger partial charge in [0.25, 0.3) is 5.91 Å². The molecule has 126 valence electrons. The maximum Gasteiger partial charge on any atom is 0.276 e. The summed E-state index contributed by atoms with van der Waals surface area (Å²) in [7, 11) is 0. The van der Waals surface area contributed by atoms with Gasteiger partial charge in [-0.3, -0.25) is 4.79 Å². The van der Waals surface area contributed by atoms with Gasteiger partial charge in [-0.1, -0.05) is 48.5 Å². The molecule has 3 aromatic carbocycles. The number of amides is 1. The lowest BCUT2D eigenvalue weighted by Gasteiger charge is -2.05. The van der Waals surface area contributed by atoms with Crippen LogP contribution in [0.5, 0.6) is 11.5 Å². The van der Waals surface area contributed by atoms with Crippen molar-refractivity contribution in [3.05, 3.63) is 90.0 Å². The first-order chi connectivity index (χ1) is 12.8. The largest absolute Gasteiger partial charge is 0.457 e. The number of hydrogen-bond donors (Lipinski definition) is 1. The Morgan fingerprint density at radius 1 is 0.846 bits per heavy atom. The number of carbonyl (C=O) groups is 1. The highest BCUT2D eigenvalue weighted by Crippen LogP contribution is 2.23. The number of nitrogens with zero attached hydrogens (tertiary/aromatic N) is 2. The fourth-order valence-electron chi connectivity index (χ4n) is 2.64. The van der Waals surface area contributed by atoms with Crippen molar-refractivity contribution < 1.29 is 9.53 Å². The van der Waals surface area contributed by atoms with Gasteiger partial charge in [0.1, 0.15) is 11.5 Å². The Bertz CT molecular complexity index is 1010. The summed E-state index contributed by atoms with van der Waals surface area (Å²) < 4.78 is 5.80. The molecule has 0 bridgehead atoms. The minimum atomic E-state index is -0.246. The highest BCUT2D eigenvalue weighted by Gasteiger charge is 2.25. The van der Waals surface area contributed by atoms with Crippen LogP contribution in [0.2, 0.25) is 0 Å². The molecular weight excluding hydrogens is 326 g/mol. The van der Waals surface area contributed by atoms with E-state index in [9.17, 15) is 4.79 Å². The zero-order valence-electron chi connectivity index (χ0n) is 13.8. The maximum atomic E-state index is 12.0. The molecule has 5 heteroatoms. The number of anilines is 1. The molecule has 0 aliphatic carbocycles. The Morgan fingerprint density at radius 3 is 2.50 bits per heavy atom. The van der Waals surface area contributed by atoms with E-state index in [0.29, 0.717) is 11.5 Å². The summed E-state index contributed by atoms with van der Waals surface area (Å²) in [6.45, 7) is 0. The van der Waals surface area contributed by atoms with E-state index in [4.69, 9.17) is 4.74 Å². The summed E-state index contributed by atoms with van der Waals surface area (Å²) >= 11 is 0. The zero-order chi connectivity index (χ0) is 17.8. The summed E-state index contributed by atoms with van der Waals surface area (Å²) in [4.78, 5) is 12.0. The van der Waals surface area contributed by atoms with Gasteiger partial charge >= 0.3 is 0 Å². The summed E-state index contributed by atoms with van der Waals surface area (Å²) in [5.74, 6) is 1.22. The predicted octanol–water partition coefficient (Wildman–Crippen LogP) is 4.25. The molecule has 0 spiro atoms. The summed E-state index contributed by atoms with van der Waals surface area (Å²) in [6, 6.07) is 24.5. The van der Waals surface area contributed by atoms with Gasteiger partial charge in [-0.2, -0.15) is 5.10 Å². The lowest BCUT2D eigenvalue weighted by atomic mass is 10.1. The van der Waals surface area contributed by atoms with Crippen molar-refractivity contribution in [2.24, 2.45) is 10.2 Å². The molecule has 0 fully saturated rings. The molecule has 0 saturated heterocycles. The Hall–Kier alpha value is -3.73. The molecular formula is C21H15N3O2. The molecule has 1 aliphatic heterocycles. The van der Waals surface area contributed by atoms with Crippen molar-refractivity contribution in [3.8, 4) is 11.5 Å². The summed E-state index contributed by atoms with van der Waals surface area (Å²) in [6.07, 6.45) is 1.60. The van der Waals surface area contributed by atoms with Gasteiger partial charge in [-0.25, -0.2) is 0 Å². The molecule has 1 amide bonds. The monoisotopic (exact) mass is 341 g/mol. The standard InChI is InChI=1S/C21H15N3O2/c25-21-20(18-11-4-5-12-19(18)23-21)24-22-14-15-7-6-10-17(13-15)26-16-8-2-1-3-9-16/h1-14H,(H,23,24,25)/b22-14+. The molecule has 0 saturated carbocycles. The predicted molar refractivity (Wildman–Crippen MR) is 102 cm³/mol. The van der Waals surface area contributed by atoms with E-state index in [1.54, 1.807) is 6.21 Å². The first kappa shape index (κ1) is 15.8. The first-order valence-electron chi connectivity index (χ1n) is 8.14. The smallest absolute Gasteiger partial charge is 0.276 e. The highest BCUT2D eigenvalue weighted by atomic mass is 16.5. The van der Waals surface area contributed by atoms with Crippen molar-refractivity contribution >= 4 is 23.5 Å². The lowest BCUT2D eigenvalue weighted by Crippen LogP contribution is -2.13. The number of para-hydroxylation sites is 2. The van der Waals surface area contributed by atoms with Crippen LogP contribution in [0, 0.1) is 0 Å². The van der Waals surface area contributed by atoms with Gasteiger partial charge in [0.05, 0.1) is 11.9 Å². The average Bonchev–Trinajstić information content (AvgIpc) is 2.98. The van der Waals surface area contributed by atoms with E-state index >= 15 is 0 Å². The van der Waals surface area contributed by atoms with Gasteiger partial charge in [-0.15, -0.1) is 5.10 Å². The zero-order valence-corrected chi connectivity index (χ0v) is 13.8. The second kappa shape index (κ2) is 7.03. The van der Waals surface area contributed by atoms with Crippen molar-refractivity contribution in [1.29, 1.82) is 0 Å². The van der Waals surface area contributed by atoms with Crippen LogP contribution in [-0.4, -0.2) is 17.8 Å². The first-order valence-corrected chi connectivity index (χ1v) is 8.14. The lowest BCUT2D eigenvalue weighted by molar-refractivity contribution is -0.110. The number of benzene rings is 3. The Kier molecular flexibility index (Phi) is 4.26. The second-order valence-electron chi connectivity index (χ2n) is 5.68. The van der Waals surface area contributed by atoms with Gasteiger partial charge in [-0.05, 0) is 35.9 Å². The fourth-order valence-corrected chi connectivity index (χ4v) is 2.64. The summed E-state index contributed by atoms with van der Waals surface area (Å²) in [5, 5.41) is 10.9. The minimum absolute atomic E-state index is 0.246. The topological polar surface area (TPSA) is 63.0 Å². The summed E-state index contributed by atoms with van der Waals surface area (Å²) in [5.41, 5.74) is 2.66. The molecule has 0 aromatic heterocycles. The minimum Gasteiger partial charge on any atom is -0.457 e. The van der Waals surface area contributed by atoms with Crippen LogP contribution in [-0.2, 0) is 4.79 Å². The Labute approximate surface area is 150 Å². The van der Waals surface area contributed by atoms with Crippen molar-refractivity contribution in [1.82, 2.24) is 0 Å². The molecule has 1 heterocycles. The van der Waals surface area contributed by atoms with Gasteiger partial charge in [0.2, 0.25) is 0 Å². The number of ether oxygens (including phenoxy) is 1. The Morgan fingerprint density at radius 2 is 1.62 bits per heavy atom. The van der Waals surface area contributed by atoms with E-state index in [1.165, 1.54) is 0 Å². The van der Waals surface area contributed by atoms with Crippen molar-refractivity contribution in [2.45, 2.75) is 0 Å². The van der Waals surface area contributed by atoms with Gasteiger partial charge in [0.15, 0.2) is 5.71 Å². The van der Waals surface area contributed by atoms with Crippen LogP contribution < -0.4 is 10.1 Å². The molecule has 4 rings (SSSR count). The fraction of sp³-hybridized carbons (Fsp3) is 0. The van der Waals surface area contributed by atoms with Crippen molar-refractivity contribution in [3.63, 3.8) is 0 Å². The third-order valence-electron chi connectivity index (χ3n) is 3.85. The van der Waals surface area contributed by atoms with E-state index in [0.717, 1.165) is 22.6 Å². The maximum absolute atomic E-state index is 12.0. The third-order valence-corrected chi connectivity index (χ3v) is 3.85. The van der Waals surface area contributed by atoms with Crippen LogP contribution in [0.1, 0.15) is 11.1 Å². The number of carbonyl (C=O) groups excluding carboxylic acids is 1. The van der Waals surface area contributed by atoms with Crippen LogP contribution in [0.15, 0.2) is 89.1 Å². The Balaban J connectivity index is 1.53. The van der Waals surface area contributed by atoms with Crippen LogP contribution >= 0.6 is 0 Å². The second-order valence-corrected chi connectivity index (χ2v) is 5.68. The third kappa shape index (κ3) is 3.37. The quantitative estimate of drug-likeness (QED) is 0.569. The van der Waals surface area contributed by atoms with E-state index < -0.39 is 0 Å². The number of nitrogens with one attached hydrogen (secondary N) is 1. The van der Waals surface area contributed by atoms with E-state index in [-0.39, 0.29) is 5.91 Å². The number of rotatable bonds is 4. The van der Waals surface area contributed by atoms with Gasteiger partial charge < -0.3 is 10.1 Å². The molecule has 0 atom stereocenters. The van der Waals surface area contributed by atoms with Gasteiger partial charge in [0, 0.05) is 5.56 Å². The molecule has 0 unspecified atom stereocenters. The highest BCUT2D eigenvalue weighted by molar-refractivity contribution is 6.53. The van der Waals surface area contributed by atoms with Crippen molar-refractivity contribution in [2.75, 3.05) is 5.32 Å². The number of fused-ring (bicyclic) bond motifs is 1.